The van der Waals surface area contributed by atoms with Gasteiger partial charge in [-0.3, -0.25) is 0 Å². The van der Waals surface area contributed by atoms with E-state index >= 15 is 0 Å². The highest BCUT2D eigenvalue weighted by Crippen LogP contribution is 2.46. The van der Waals surface area contributed by atoms with Crippen molar-refractivity contribution in [3.63, 3.8) is 0 Å². The molecule has 1 unspecified atom stereocenters. The zero-order valence-electron chi connectivity index (χ0n) is 23.3. The van der Waals surface area contributed by atoms with Gasteiger partial charge in [-0.25, -0.2) is 16.8 Å². The molecule has 1 aliphatic heterocycles. The van der Waals surface area contributed by atoms with Crippen molar-refractivity contribution in [1.82, 2.24) is 4.31 Å². The molecule has 39 heavy (non-hydrogen) atoms. The van der Waals surface area contributed by atoms with Gasteiger partial charge in [-0.2, -0.15) is 4.31 Å². The minimum Gasteiger partial charge on any atom is -0.224 e. The van der Waals surface area contributed by atoms with E-state index < -0.39 is 25.3 Å². The van der Waals surface area contributed by atoms with Crippen molar-refractivity contribution in [2.24, 2.45) is 5.41 Å². The Morgan fingerprint density at radius 2 is 1.31 bits per heavy atom. The van der Waals surface area contributed by atoms with Crippen molar-refractivity contribution in [3.8, 4) is 0 Å². The topological polar surface area (TPSA) is 71.5 Å². The van der Waals surface area contributed by atoms with Crippen LogP contribution >= 0.6 is 22.6 Å². The van der Waals surface area contributed by atoms with Crippen molar-refractivity contribution in [2.45, 2.75) is 56.7 Å². The van der Waals surface area contributed by atoms with Gasteiger partial charge in [0.05, 0.1) is 15.5 Å². The van der Waals surface area contributed by atoms with Crippen LogP contribution in [0.25, 0.3) is 3.58 Å². The van der Waals surface area contributed by atoms with Gasteiger partial charge in [0.15, 0.2) is 9.84 Å². The van der Waals surface area contributed by atoms with E-state index in [1.807, 2.05) is 32.9 Å². The summed E-state index contributed by atoms with van der Waals surface area (Å²) in [6.07, 6.45) is 0. The fourth-order valence-electron chi connectivity index (χ4n) is 4.94. The molecule has 0 aliphatic carbocycles. The maximum Gasteiger partial charge on any atom is 0.243 e. The van der Waals surface area contributed by atoms with Crippen LogP contribution in [0, 0.1) is 19.3 Å². The molecular weight excluding hydrogens is 641 g/mol. The molecule has 0 bridgehead atoms. The first kappa shape index (κ1) is 30.0. The van der Waals surface area contributed by atoms with E-state index in [1.165, 1.54) is 9.87 Å². The first-order valence-corrected chi connectivity index (χ1v) is 17.1. The van der Waals surface area contributed by atoms with Crippen LogP contribution < -0.4 is 0 Å². The third kappa shape index (κ3) is 6.34. The number of sulfonamides is 1. The minimum atomic E-state index is -3.83. The highest BCUT2D eigenvalue weighted by atomic mass is 127. The zero-order valence-corrected chi connectivity index (χ0v) is 27.1. The van der Waals surface area contributed by atoms with Gasteiger partial charge in [0, 0.05) is 22.1 Å². The number of hydrogen-bond donors (Lipinski definition) is 0. The average Bonchev–Trinajstić information content (AvgIpc) is 3.20. The number of halogens is 1. The summed E-state index contributed by atoms with van der Waals surface area (Å²) in [5, 5.41) is 0. The summed E-state index contributed by atoms with van der Waals surface area (Å²) in [6.45, 7) is 12.4. The number of hydrogen-bond acceptors (Lipinski definition) is 4. The van der Waals surface area contributed by atoms with Crippen molar-refractivity contribution < 1.29 is 16.8 Å². The van der Waals surface area contributed by atoms with E-state index in [4.69, 9.17) is 0 Å². The molecule has 0 aromatic heterocycles. The van der Waals surface area contributed by atoms with Crippen LogP contribution in [0.1, 0.15) is 49.9 Å². The summed E-state index contributed by atoms with van der Waals surface area (Å²) < 4.78 is 57.0. The molecule has 1 atom stereocenters. The number of sulfone groups is 1. The van der Waals surface area contributed by atoms with Crippen molar-refractivity contribution in [1.29, 1.82) is 0 Å². The molecule has 3 aromatic carbocycles. The Morgan fingerprint density at radius 1 is 0.821 bits per heavy atom. The zero-order chi connectivity index (χ0) is 28.8. The molecule has 1 heterocycles. The highest BCUT2D eigenvalue weighted by molar-refractivity contribution is 14.1. The molecule has 3 aromatic rings. The molecule has 4 rings (SSSR count). The molecule has 8 heteroatoms. The quantitative estimate of drug-likeness (QED) is 0.266. The van der Waals surface area contributed by atoms with Crippen LogP contribution in [-0.2, 0) is 25.3 Å². The Morgan fingerprint density at radius 3 is 1.79 bits per heavy atom. The summed E-state index contributed by atoms with van der Waals surface area (Å²) in [4.78, 5) is 0.459. The van der Waals surface area contributed by atoms with Gasteiger partial charge >= 0.3 is 0 Å². The Labute approximate surface area is 247 Å². The molecule has 5 nitrogen and oxygen atoms in total. The van der Waals surface area contributed by atoms with Gasteiger partial charge in [-0.05, 0) is 82.8 Å². The molecule has 0 amide bonds. The summed E-state index contributed by atoms with van der Waals surface area (Å²) in [6, 6.07) is 21.9. The summed E-state index contributed by atoms with van der Waals surface area (Å²) in [7, 11) is -7.52. The van der Waals surface area contributed by atoms with E-state index in [0.29, 0.717) is 0 Å². The third-order valence-corrected chi connectivity index (χ3v) is 12.5. The van der Waals surface area contributed by atoms with Gasteiger partial charge in [-0.15, -0.1) is 0 Å². The fourth-order valence-corrected chi connectivity index (χ4v) is 9.48. The Hall–Kier alpha value is -2.01. The number of benzene rings is 3. The minimum absolute atomic E-state index is 0.0000136. The summed E-state index contributed by atoms with van der Waals surface area (Å²) in [5.41, 5.74) is 3.99. The van der Waals surface area contributed by atoms with Gasteiger partial charge < -0.3 is 0 Å². The van der Waals surface area contributed by atoms with E-state index in [1.54, 1.807) is 48.5 Å². The molecule has 0 N–H and O–H groups in total. The van der Waals surface area contributed by atoms with E-state index in [2.05, 4.69) is 55.5 Å². The Balaban J connectivity index is 1.80. The second-order valence-corrected chi connectivity index (χ2v) is 16.8. The third-order valence-electron chi connectivity index (χ3n) is 7.41. The van der Waals surface area contributed by atoms with E-state index in [0.717, 1.165) is 25.8 Å². The fraction of sp³-hybridized carbons (Fsp3) is 0.355. The predicted octanol–water partition coefficient (Wildman–Crippen LogP) is 6.93. The highest BCUT2D eigenvalue weighted by Gasteiger charge is 2.47. The number of rotatable bonds is 6. The lowest BCUT2D eigenvalue weighted by molar-refractivity contribution is 0.400. The molecular formula is C31H36INO4S2. The molecule has 0 radical (unpaired) electrons. The second-order valence-electron chi connectivity index (χ2n) is 11.8. The molecule has 208 valence electrons. The van der Waals surface area contributed by atoms with Crippen LogP contribution in [0.15, 0.2) is 88.2 Å². The predicted molar refractivity (Wildman–Crippen MR) is 167 cm³/mol. The standard InChI is InChI=1S/C31H36INO4S2/c1-22-7-15-26(16-8-22)38(34,35)21-31(6)20-33(39(36,37)27-17-9-23(2)10-18-27)19-28(31)29(32)24-11-13-25(14-12-24)30(3,4)5/h7-18H,19-21H2,1-6H3/b29-28+. The maximum atomic E-state index is 13.7. The normalized spacial score (nSPS) is 20.3. The molecule has 0 spiro atoms. The Kier molecular flexibility index (Phi) is 8.27. The first-order valence-electron chi connectivity index (χ1n) is 12.9. The molecule has 1 saturated heterocycles. The van der Waals surface area contributed by atoms with Gasteiger partial charge in [0.25, 0.3) is 0 Å². The maximum absolute atomic E-state index is 13.7. The summed E-state index contributed by atoms with van der Waals surface area (Å²) in [5.74, 6) is -0.190. The molecule has 1 aliphatic rings. The van der Waals surface area contributed by atoms with Gasteiger partial charge in [-0.1, -0.05) is 87.4 Å². The monoisotopic (exact) mass is 677 g/mol. The van der Waals surface area contributed by atoms with Crippen LogP contribution in [0.2, 0.25) is 0 Å². The van der Waals surface area contributed by atoms with Gasteiger partial charge in [0.2, 0.25) is 10.0 Å². The largest absolute Gasteiger partial charge is 0.243 e. The van der Waals surface area contributed by atoms with Gasteiger partial charge in [0.1, 0.15) is 0 Å². The smallest absolute Gasteiger partial charge is 0.224 e. The SMILES string of the molecule is Cc1ccc(S(=O)(=O)CC2(C)CN(S(=O)(=O)c3ccc(C)cc3)C/C2=C(\I)c2ccc(C(C)(C)C)cc2)cc1. The van der Waals surface area contributed by atoms with Crippen LogP contribution in [0.5, 0.6) is 0 Å². The lowest BCUT2D eigenvalue weighted by Gasteiger charge is -2.27. The lowest BCUT2D eigenvalue weighted by atomic mass is 9.84. The summed E-state index contributed by atoms with van der Waals surface area (Å²) >= 11 is 2.26. The number of aryl methyl sites for hydroxylation is 2. The van der Waals surface area contributed by atoms with Crippen molar-refractivity contribution in [3.05, 3.63) is 101 Å². The van der Waals surface area contributed by atoms with E-state index in [-0.39, 0.29) is 34.0 Å². The van der Waals surface area contributed by atoms with Crippen LogP contribution in [0.4, 0.5) is 0 Å². The molecule has 0 saturated carbocycles. The molecule has 1 fully saturated rings. The van der Waals surface area contributed by atoms with Crippen molar-refractivity contribution in [2.75, 3.05) is 18.8 Å². The second kappa shape index (κ2) is 10.8. The van der Waals surface area contributed by atoms with E-state index in [9.17, 15) is 16.8 Å². The lowest BCUT2D eigenvalue weighted by Crippen LogP contribution is -2.34. The average molecular weight is 678 g/mol. The Bertz CT molecular complexity index is 1600. The first-order chi connectivity index (χ1) is 18.0. The van der Waals surface area contributed by atoms with Crippen LogP contribution in [-0.4, -0.2) is 40.0 Å². The van der Waals surface area contributed by atoms with Crippen LogP contribution in [0.3, 0.4) is 0 Å². The number of nitrogens with zero attached hydrogens (tertiary/aromatic N) is 1. The van der Waals surface area contributed by atoms with Crippen molar-refractivity contribution >= 4 is 46.0 Å².